The molecule has 1 fully saturated rings. The molecule has 0 aliphatic heterocycles. The minimum absolute atomic E-state index is 0.301. The zero-order valence-corrected chi connectivity index (χ0v) is 21.0. The summed E-state index contributed by atoms with van der Waals surface area (Å²) in [6, 6.07) is 15.4. The third-order valence-electron chi connectivity index (χ3n) is 5.98. The Kier molecular flexibility index (Phi) is 7.36. The van der Waals surface area contributed by atoms with Gasteiger partial charge in [0.25, 0.3) is 0 Å². The van der Waals surface area contributed by atoms with Crippen molar-refractivity contribution in [1.82, 2.24) is 8.87 Å². The van der Waals surface area contributed by atoms with Gasteiger partial charge in [-0.3, -0.25) is 0 Å². The summed E-state index contributed by atoms with van der Waals surface area (Å²) in [7, 11) is -0.350. The Bertz CT molecular complexity index is 1240. The zero-order valence-electron chi connectivity index (χ0n) is 19.4. The Hall–Kier alpha value is -2.42. The summed E-state index contributed by atoms with van der Waals surface area (Å²) in [6.07, 6.45) is 5.98. The van der Waals surface area contributed by atoms with Gasteiger partial charge in [-0.1, -0.05) is 31.4 Å². The van der Waals surface area contributed by atoms with Crippen LogP contribution in [-0.4, -0.2) is 38.0 Å². The van der Waals surface area contributed by atoms with E-state index in [0.29, 0.717) is 17.5 Å². The van der Waals surface area contributed by atoms with E-state index in [1.807, 2.05) is 43.3 Å². The lowest BCUT2D eigenvalue weighted by atomic mass is 9.95. The van der Waals surface area contributed by atoms with Crippen molar-refractivity contribution in [2.24, 2.45) is 4.99 Å². The van der Waals surface area contributed by atoms with Crippen molar-refractivity contribution in [3.8, 4) is 17.0 Å². The van der Waals surface area contributed by atoms with E-state index in [-0.39, 0.29) is 0 Å². The molecule has 0 amide bonds. The fourth-order valence-electron chi connectivity index (χ4n) is 4.21. The largest absolute Gasteiger partial charge is 0.494 e. The van der Waals surface area contributed by atoms with Crippen LogP contribution in [0.1, 0.15) is 45.1 Å². The molecule has 1 saturated carbocycles. The maximum atomic E-state index is 12.5. The number of benzene rings is 2. The lowest BCUT2D eigenvalue weighted by Crippen LogP contribution is -2.24. The summed E-state index contributed by atoms with van der Waals surface area (Å²) in [5.74, 6) is 0.844. The average molecular weight is 486 g/mol. The highest BCUT2D eigenvalue weighted by Gasteiger charge is 2.21. The first kappa shape index (κ1) is 23.7. The molecule has 1 aliphatic rings. The summed E-state index contributed by atoms with van der Waals surface area (Å²) in [6.45, 7) is 2.61. The highest BCUT2D eigenvalue weighted by Crippen LogP contribution is 2.33. The van der Waals surface area contributed by atoms with Crippen molar-refractivity contribution < 1.29 is 13.2 Å². The molecule has 0 radical (unpaired) electrons. The molecule has 1 aliphatic carbocycles. The molecule has 176 valence electrons. The molecule has 2 aromatic carbocycles. The van der Waals surface area contributed by atoms with Gasteiger partial charge in [-0.25, -0.2) is 17.7 Å². The molecular formula is C25H31N3O3S2. The van der Waals surface area contributed by atoms with Crippen molar-refractivity contribution >= 4 is 27.0 Å². The molecule has 0 spiro atoms. The number of rotatable bonds is 7. The first-order valence-corrected chi connectivity index (χ1v) is 13.7. The summed E-state index contributed by atoms with van der Waals surface area (Å²) in [5, 5.41) is 2.14. The van der Waals surface area contributed by atoms with Crippen LogP contribution in [0, 0.1) is 0 Å². The average Bonchev–Trinajstić information content (AvgIpc) is 3.24. The van der Waals surface area contributed by atoms with Crippen LogP contribution in [0.25, 0.3) is 11.3 Å². The summed E-state index contributed by atoms with van der Waals surface area (Å²) < 4.78 is 34.1. The van der Waals surface area contributed by atoms with Crippen molar-refractivity contribution in [1.29, 1.82) is 0 Å². The van der Waals surface area contributed by atoms with E-state index < -0.39 is 10.0 Å². The quantitative estimate of drug-likeness (QED) is 0.437. The fraction of sp³-hybridized carbons (Fsp3) is 0.400. The number of sulfonamides is 1. The first-order chi connectivity index (χ1) is 15.9. The summed E-state index contributed by atoms with van der Waals surface area (Å²) in [5.41, 5.74) is 2.98. The molecule has 3 aromatic rings. The van der Waals surface area contributed by atoms with Crippen molar-refractivity contribution in [2.45, 2.75) is 50.0 Å². The van der Waals surface area contributed by atoms with Crippen molar-refractivity contribution in [3.63, 3.8) is 0 Å². The molecule has 0 bridgehead atoms. The number of nitrogens with zero attached hydrogens (tertiary/aromatic N) is 3. The number of hydrogen-bond acceptors (Lipinski definition) is 5. The van der Waals surface area contributed by atoms with Crippen LogP contribution in [0.2, 0.25) is 0 Å². The van der Waals surface area contributed by atoms with Gasteiger partial charge in [-0.05, 0) is 61.7 Å². The zero-order chi connectivity index (χ0) is 23.4. The third-order valence-corrected chi connectivity index (χ3v) is 8.65. The Morgan fingerprint density at radius 3 is 2.30 bits per heavy atom. The summed E-state index contributed by atoms with van der Waals surface area (Å²) >= 11 is 1.63. The second kappa shape index (κ2) is 10.2. The van der Waals surface area contributed by atoms with Gasteiger partial charge in [0.15, 0.2) is 4.80 Å². The molecule has 0 N–H and O–H groups in total. The van der Waals surface area contributed by atoms with E-state index in [9.17, 15) is 8.42 Å². The Morgan fingerprint density at radius 1 is 1.03 bits per heavy atom. The number of aromatic nitrogens is 1. The van der Waals surface area contributed by atoms with Crippen molar-refractivity contribution in [2.75, 3.05) is 20.7 Å². The molecule has 0 unspecified atom stereocenters. The number of ether oxygens (including phenoxy) is 1. The monoisotopic (exact) mass is 485 g/mol. The minimum atomic E-state index is -3.45. The Balaban J connectivity index is 1.75. The van der Waals surface area contributed by atoms with Gasteiger partial charge in [0.05, 0.1) is 22.9 Å². The number of hydrogen-bond donors (Lipinski definition) is 0. The van der Waals surface area contributed by atoms with Crippen LogP contribution in [0.4, 0.5) is 5.69 Å². The van der Waals surface area contributed by atoms with Gasteiger partial charge in [0.1, 0.15) is 5.75 Å². The van der Waals surface area contributed by atoms with E-state index in [1.165, 1.54) is 23.6 Å². The van der Waals surface area contributed by atoms with Gasteiger partial charge in [-0.2, -0.15) is 0 Å². The molecule has 0 saturated heterocycles. The highest BCUT2D eigenvalue weighted by atomic mass is 32.2. The standard InChI is InChI=1S/C25H31N3O3S2/c1-4-31-22-14-12-20(13-15-22)26-25-28(21-8-6-5-7-9-21)24(18-32-25)19-10-16-23(17-11-19)33(29,30)27(2)3/h10-18,21H,4-9H2,1-3H3. The number of thiazole rings is 1. The topological polar surface area (TPSA) is 63.9 Å². The van der Waals surface area contributed by atoms with Crippen LogP contribution in [0.3, 0.4) is 0 Å². The normalized spacial score (nSPS) is 15.8. The molecule has 0 atom stereocenters. The maximum absolute atomic E-state index is 12.5. The van der Waals surface area contributed by atoms with Crippen molar-refractivity contribution in [3.05, 3.63) is 58.7 Å². The predicted molar refractivity (Wildman–Crippen MR) is 134 cm³/mol. The van der Waals surface area contributed by atoms with Crippen LogP contribution >= 0.6 is 11.3 Å². The Morgan fingerprint density at radius 2 is 1.70 bits per heavy atom. The van der Waals surface area contributed by atoms with Crippen LogP contribution < -0.4 is 9.54 Å². The lowest BCUT2D eigenvalue weighted by Gasteiger charge is -2.25. The molecule has 1 aromatic heterocycles. The van der Waals surface area contributed by atoms with Crippen LogP contribution in [0.15, 0.2) is 63.8 Å². The first-order valence-electron chi connectivity index (χ1n) is 11.4. The van der Waals surface area contributed by atoms with E-state index in [4.69, 9.17) is 9.73 Å². The lowest BCUT2D eigenvalue weighted by molar-refractivity contribution is 0.340. The third kappa shape index (κ3) is 5.23. The fourth-order valence-corrected chi connectivity index (χ4v) is 6.09. The molecule has 4 rings (SSSR count). The highest BCUT2D eigenvalue weighted by molar-refractivity contribution is 7.89. The van der Waals surface area contributed by atoms with Crippen LogP contribution in [-0.2, 0) is 10.0 Å². The van der Waals surface area contributed by atoms with Crippen LogP contribution in [0.5, 0.6) is 5.75 Å². The second-order valence-electron chi connectivity index (χ2n) is 8.42. The second-order valence-corrected chi connectivity index (χ2v) is 11.4. The molecule has 8 heteroatoms. The minimum Gasteiger partial charge on any atom is -0.494 e. The molecule has 6 nitrogen and oxygen atoms in total. The van der Waals surface area contributed by atoms with Gasteiger partial charge in [0.2, 0.25) is 10.0 Å². The van der Waals surface area contributed by atoms with Gasteiger partial charge < -0.3 is 9.30 Å². The maximum Gasteiger partial charge on any atom is 0.242 e. The van der Waals surface area contributed by atoms with E-state index in [2.05, 4.69) is 9.95 Å². The summed E-state index contributed by atoms with van der Waals surface area (Å²) in [4.78, 5) is 6.23. The SMILES string of the molecule is CCOc1ccc(N=c2scc(-c3ccc(S(=O)(=O)N(C)C)cc3)n2C2CCCCC2)cc1. The molecular weight excluding hydrogens is 454 g/mol. The van der Waals surface area contributed by atoms with E-state index >= 15 is 0 Å². The smallest absolute Gasteiger partial charge is 0.242 e. The van der Waals surface area contributed by atoms with Gasteiger partial charge in [-0.15, -0.1) is 11.3 Å². The van der Waals surface area contributed by atoms with E-state index in [1.54, 1.807) is 37.6 Å². The predicted octanol–water partition coefficient (Wildman–Crippen LogP) is 5.60. The van der Waals surface area contributed by atoms with Gasteiger partial charge >= 0.3 is 0 Å². The van der Waals surface area contributed by atoms with E-state index in [0.717, 1.165) is 40.3 Å². The molecule has 1 heterocycles. The van der Waals surface area contributed by atoms with Gasteiger partial charge in [0, 0.05) is 25.5 Å². The Labute approximate surface area is 200 Å². The molecule has 33 heavy (non-hydrogen) atoms.